The molecule has 2 fully saturated rings. The quantitative estimate of drug-likeness (QED) is 0.0653. The topological polar surface area (TPSA) is 105 Å². The minimum Gasteiger partial charge on any atom is -0.457 e. The molecule has 2 aliphatic carbocycles. The summed E-state index contributed by atoms with van der Waals surface area (Å²) in [5, 5.41) is 22.1. The number of hydrogen-bond acceptors (Lipinski definition) is 6. The van der Waals surface area contributed by atoms with Crippen molar-refractivity contribution in [3.8, 4) is 23.0 Å². The van der Waals surface area contributed by atoms with Crippen molar-refractivity contribution in [1.29, 1.82) is 0 Å². The van der Waals surface area contributed by atoms with E-state index < -0.39 is 9.85 Å². The molecule has 0 amide bonds. The van der Waals surface area contributed by atoms with Gasteiger partial charge in [0.2, 0.25) is 0 Å². The van der Waals surface area contributed by atoms with Crippen LogP contribution in [0.5, 0.6) is 23.0 Å². The Balaban J connectivity index is 1.12. The number of ether oxygens (including phenoxy) is 2. The van der Waals surface area contributed by atoms with Crippen molar-refractivity contribution in [2.45, 2.75) is 109 Å². The number of hydrogen-bond donors (Lipinski definition) is 0. The molecule has 4 aromatic carbocycles. The molecule has 0 spiro atoms. The molecule has 0 aliphatic heterocycles. The molecule has 6 rings (SSSR count). The molecule has 0 N–H and O–H groups in total. The Bertz CT molecular complexity index is 1620. The Morgan fingerprint density at radius 3 is 1.27 bits per heavy atom. The lowest BCUT2D eigenvalue weighted by molar-refractivity contribution is -0.385. The van der Waals surface area contributed by atoms with E-state index in [9.17, 15) is 20.2 Å². The Hall–Kier alpha value is -4.72. The predicted molar refractivity (Wildman–Crippen MR) is 205 cm³/mol. The fourth-order valence-corrected chi connectivity index (χ4v) is 8.57. The van der Waals surface area contributed by atoms with E-state index in [4.69, 9.17) is 9.47 Å². The number of nitrogens with zero attached hydrogens (tertiary/aromatic N) is 2. The number of rotatable bonds is 16. The van der Waals surface area contributed by atoms with Gasteiger partial charge >= 0.3 is 0 Å². The van der Waals surface area contributed by atoms with Crippen molar-refractivity contribution in [3.05, 3.63) is 128 Å². The molecule has 8 heteroatoms. The molecule has 0 unspecified atom stereocenters. The summed E-state index contributed by atoms with van der Waals surface area (Å²) >= 11 is 0. The molecule has 0 radical (unpaired) electrons. The smallest absolute Gasteiger partial charge is 0.269 e. The third-order valence-electron chi connectivity index (χ3n) is 11.8. The highest BCUT2D eigenvalue weighted by Crippen LogP contribution is 2.49. The number of nitro groups is 2. The zero-order valence-electron chi connectivity index (χ0n) is 30.4. The van der Waals surface area contributed by atoms with Crippen LogP contribution in [0.4, 0.5) is 11.4 Å². The fraction of sp³-hybridized carbons (Fsp3) is 0.455. The van der Waals surface area contributed by atoms with Gasteiger partial charge in [0, 0.05) is 29.7 Å². The van der Waals surface area contributed by atoms with Gasteiger partial charge in [0.15, 0.2) is 0 Å². The lowest BCUT2D eigenvalue weighted by Gasteiger charge is -2.42. The van der Waals surface area contributed by atoms with Gasteiger partial charge in [-0.15, -0.1) is 0 Å². The van der Waals surface area contributed by atoms with Gasteiger partial charge in [0.05, 0.1) is 9.85 Å². The summed E-state index contributed by atoms with van der Waals surface area (Å²) < 4.78 is 12.1. The van der Waals surface area contributed by atoms with Crippen molar-refractivity contribution in [1.82, 2.24) is 0 Å². The highest BCUT2D eigenvalue weighted by Gasteiger charge is 2.38. The molecule has 274 valence electrons. The Labute approximate surface area is 307 Å². The highest BCUT2D eigenvalue weighted by atomic mass is 16.6. The first-order valence-corrected chi connectivity index (χ1v) is 19.4. The lowest BCUT2D eigenvalue weighted by atomic mass is 9.62. The maximum atomic E-state index is 11.1. The van der Waals surface area contributed by atoms with E-state index in [1.165, 1.54) is 119 Å². The van der Waals surface area contributed by atoms with Crippen molar-refractivity contribution >= 4 is 11.4 Å². The van der Waals surface area contributed by atoms with Gasteiger partial charge < -0.3 is 9.47 Å². The van der Waals surface area contributed by atoms with Gasteiger partial charge in [0.1, 0.15) is 23.0 Å². The monoisotopic (exact) mass is 704 g/mol. The molecule has 0 heterocycles. The zero-order chi connectivity index (χ0) is 36.3. The summed E-state index contributed by atoms with van der Waals surface area (Å²) in [6.45, 7) is 2.29. The van der Waals surface area contributed by atoms with E-state index in [1.54, 1.807) is 24.3 Å². The van der Waals surface area contributed by atoms with Gasteiger partial charge in [-0.25, -0.2) is 0 Å². The molecule has 2 saturated carbocycles. The van der Waals surface area contributed by atoms with Crippen LogP contribution in [0.1, 0.15) is 114 Å². The van der Waals surface area contributed by atoms with E-state index in [0.717, 1.165) is 30.6 Å². The molecule has 4 aromatic rings. The molecular formula is C44H52N2O6. The average molecular weight is 705 g/mol. The van der Waals surface area contributed by atoms with Crippen LogP contribution >= 0.6 is 0 Å². The van der Waals surface area contributed by atoms with Crippen LogP contribution in [-0.2, 0) is 5.41 Å². The highest BCUT2D eigenvalue weighted by molar-refractivity contribution is 5.46. The summed E-state index contributed by atoms with van der Waals surface area (Å²) in [7, 11) is 0. The largest absolute Gasteiger partial charge is 0.457 e. The van der Waals surface area contributed by atoms with Crippen LogP contribution in [0.15, 0.2) is 97.1 Å². The SMILES string of the molecule is CCCCCC[C@H]1CC[C@H](CCC2CCC(c3ccc(Oc4ccc([N+](=O)[O-])cc4)cc3)(c3ccc(Oc4ccc([N+](=O)[O-])cc4)cc3)CC2)CC1. The maximum absolute atomic E-state index is 11.1. The minimum absolute atomic E-state index is 0.0324. The third kappa shape index (κ3) is 9.58. The van der Waals surface area contributed by atoms with E-state index in [2.05, 4.69) is 31.2 Å². The molecular weight excluding hydrogens is 652 g/mol. The van der Waals surface area contributed by atoms with Crippen LogP contribution < -0.4 is 9.47 Å². The Morgan fingerprint density at radius 1 is 0.519 bits per heavy atom. The summed E-state index contributed by atoms with van der Waals surface area (Å²) in [6.07, 6.45) is 19.8. The molecule has 2 aliphatic rings. The number of non-ortho nitro benzene ring substituents is 2. The van der Waals surface area contributed by atoms with Crippen LogP contribution in [-0.4, -0.2) is 9.85 Å². The molecule has 0 bridgehead atoms. The van der Waals surface area contributed by atoms with Gasteiger partial charge in [0.25, 0.3) is 11.4 Å². The molecule has 0 aromatic heterocycles. The predicted octanol–water partition coefficient (Wildman–Crippen LogP) is 13.1. The summed E-state index contributed by atoms with van der Waals surface area (Å²) in [4.78, 5) is 21.3. The first-order chi connectivity index (χ1) is 25.3. The average Bonchev–Trinajstić information content (AvgIpc) is 3.17. The van der Waals surface area contributed by atoms with Crippen molar-refractivity contribution < 1.29 is 19.3 Å². The third-order valence-corrected chi connectivity index (χ3v) is 11.8. The summed E-state index contributed by atoms with van der Waals surface area (Å²) in [5.41, 5.74) is 2.42. The zero-order valence-corrected chi connectivity index (χ0v) is 30.4. The van der Waals surface area contributed by atoms with E-state index in [-0.39, 0.29) is 16.8 Å². The van der Waals surface area contributed by atoms with E-state index in [1.807, 2.05) is 24.3 Å². The molecule has 0 saturated heterocycles. The molecule has 52 heavy (non-hydrogen) atoms. The normalized spacial score (nSPS) is 18.8. The first kappa shape index (κ1) is 37.1. The summed E-state index contributed by atoms with van der Waals surface area (Å²) in [5.74, 6) is 5.07. The number of nitro benzene ring substituents is 2. The Morgan fingerprint density at radius 2 is 0.885 bits per heavy atom. The maximum Gasteiger partial charge on any atom is 0.269 e. The number of unbranched alkanes of at least 4 members (excludes halogenated alkanes) is 3. The van der Waals surface area contributed by atoms with Crippen LogP contribution in [0, 0.1) is 38.0 Å². The van der Waals surface area contributed by atoms with Crippen molar-refractivity contribution in [2.24, 2.45) is 17.8 Å². The van der Waals surface area contributed by atoms with Gasteiger partial charge in [-0.1, -0.05) is 102 Å². The second-order valence-electron chi connectivity index (χ2n) is 15.1. The molecule has 0 atom stereocenters. The lowest BCUT2D eigenvalue weighted by Crippen LogP contribution is -2.33. The molecule has 8 nitrogen and oxygen atoms in total. The van der Waals surface area contributed by atoms with Crippen LogP contribution in [0.3, 0.4) is 0 Å². The van der Waals surface area contributed by atoms with Crippen LogP contribution in [0.25, 0.3) is 0 Å². The number of benzene rings is 4. The Kier molecular flexibility index (Phi) is 12.6. The summed E-state index contributed by atoms with van der Waals surface area (Å²) in [6, 6.07) is 29.0. The minimum atomic E-state index is -0.414. The van der Waals surface area contributed by atoms with Gasteiger partial charge in [-0.2, -0.15) is 0 Å². The van der Waals surface area contributed by atoms with Crippen LogP contribution in [0.2, 0.25) is 0 Å². The standard InChI is InChI=1S/C44H52N2O6/c1-2-3-4-5-6-33-7-9-34(10-8-33)11-12-35-29-31-44(32-30-35,36-13-21-40(22-14-36)51-42-25-17-38(18-26-42)45(47)48)37-15-23-41(24-16-37)52-43-27-19-39(20-28-43)46(49)50/h13-28,33-35H,2-12,29-32H2,1H3/t33-,34-. The van der Waals surface area contributed by atoms with Gasteiger partial charge in [-0.3, -0.25) is 20.2 Å². The van der Waals surface area contributed by atoms with Crippen molar-refractivity contribution in [2.75, 3.05) is 0 Å². The fourth-order valence-electron chi connectivity index (χ4n) is 8.57. The second kappa shape index (κ2) is 17.7. The van der Waals surface area contributed by atoms with Crippen molar-refractivity contribution in [3.63, 3.8) is 0 Å². The first-order valence-electron chi connectivity index (χ1n) is 19.4. The van der Waals surface area contributed by atoms with Gasteiger partial charge in [-0.05, 0) is 103 Å². The van der Waals surface area contributed by atoms with E-state index >= 15 is 0 Å². The second-order valence-corrected chi connectivity index (χ2v) is 15.1. The van der Waals surface area contributed by atoms with E-state index in [0.29, 0.717) is 23.0 Å².